The van der Waals surface area contributed by atoms with Gasteiger partial charge in [0.2, 0.25) is 0 Å². The van der Waals surface area contributed by atoms with Gasteiger partial charge in [-0.1, -0.05) is 23.7 Å². The molecule has 0 spiro atoms. The van der Waals surface area contributed by atoms with Gasteiger partial charge in [-0.15, -0.1) is 0 Å². The van der Waals surface area contributed by atoms with Crippen LogP contribution in [-0.2, 0) is 6.54 Å². The normalized spacial score (nSPS) is 10.8. The first-order valence-corrected chi connectivity index (χ1v) is 9.49. The number of benzene rings is 2. The molecule has 0 radical (unpaired) electrons. The maximum atomic E-state index is 12.9. The molecule has 4 rings (SSSR count). The van der Waals surface area contributed by atoms with Gasteiger partial charge >= 0.3 is 0 Å². The van der Waals surface area contributed by atoms with Crippen molar-refractivity contribution in [2.24, 2.45) is 0 Å². The van der Waals surface area contributed by atoms with Crippen molar-refractivity contribution in [3.63, 3.8) is 0 Å². The Morgan fingerprint density at radius 1 is 1.10 bits per heavy atom. The SMILES string of the molecule is Cc1cc(Cl)ccc1C(=O)Nc1cccc2c(=O)n(Cc3cccnc3)ccc12. The lowest BCUT2D eigenvalue weighted by atomic mass is 10.1. The average Bonchev–Trinajstić information content (AvgIpc) is 2.71. The first-order valence-electron chi connectivity index (χ1n) is 9.11. The summed E-state index contributed by atoms with van der Waals surface area (Å²) in [5.74, 6) is -0.244. The van der Waals surface area contributed by atoms with Crippen molar-refractivity contribution in [2.75, 3.05) is 5.32 Å². The van der Waals surface area contributed by atoms with Crippen molar-refractivity contribution >= 4 is 34.0 Å². The molecular formula is C23H18ClN3O2. The molecule has 2 aromatic carbocycles. The van der Waals surface area contributed by atoms with E-state index in [0.717, 1.165) is 11.1 Å². The van der Waals surface area contributed by atoms with Crippen molar-refractivity contribution in [2.45, 2.75) is 13.5 Å². The second-order valence-electron chi connectivity index (χ2n) is 6.79. The average molecular weight is 404 g/mol. The molecule has 0 atom stereocenters. The van der Waals surface area contributed by atoms with Crippen LogP contribution in [0.1, 0.15) is 21.5 Å². The summed E-state index contributed by atoms with van der Waals surface area (Å²) in [6.07, 6.45) is 5.17. The van der Waals surface area contributed by atoms with Crippen LogP contribution in [0.15, 0.2) is 78.0 Å². The Kier molecular flexibility index (Phi) is 5.14. The molecule has 2 aromatic heterocycles. The van der Waals surface area contributed by atoms with Crippen molar-refractivity contribution in [1.29, 1.82) is 0 Å². The highest BCUT2D eigenvalue weighted by atomic mass is 35.5. The van der Waals surface area contributed by atoms with E-state index in [1.54, 1.807) is 59.6 Å². The van der Waals surface area contributed by atoms with Crippen molar-refractivity contribution in [1.82, 2.24) is 9.55 Å². The highest BCUT2D eigenvalue weighted by molar-refractivity contribution is 6.30. The number of hydrogen-bond acceptors (Lipinski definition) is 3. The maximum Gasteiger partial charge on any atom is 0.258 e. The fraction of sp³-hybridized carbons (Fsp3) is 0.0870. The summed E-state index contributed by atoms with van der Waals surface area (Å²) in [7, 11) is 0. The van der Waals surface area contributed by atoms with Crippen LogP contribution in [0.2, 0.25) is 5.02 Å². The molecule has 0 saturated carbocycles. The molecule has 6 heteroatoms. The van der Waals surface area contributed by atoms with Gasteiger partial charge in [0.05, 0.1) is 6.54 Å². The number of hydrogen-bond donors (Lipinski definition) is 1. The Morgan fingerprint density at radius 2 is 1.97 bits per heavy atom. The standard InChI is InChI=1S/C23H18ClN3O2/c1-15-12-17(24)7-8-18(15)22(28)26-21-6-2-5-20-19(21)9-11-27(23(20)29)14-16-4-3-10-25-13-16/h2-13H,14H2,1H3,(H,26,28). The van der Waals surface area contributed by atoms with Crippen LogP contribution in [0.4, 0.5) is 5.69 Å². The van der Waals surface area contributed by atoms with Crippen LogP contribution >= 0.6 is 11.6 Å². The minimum absolute atomic E-state index is 0.120. The van der Waals surface area contributed by atoms with Crippen LogP contribution in [-0.4, -0.2) is 15.5 Å². The number of anilines is 1. The molecule has 0 aliphatic heterocycles. The Morgan fingerprint density at radius 3 is 2.72 bits per heavy atom. The minimum atomic E-state index is -0.244. The highest BCUT2D eigenvalue weighted by Crippen LogP contribution is 2.23. The zero-order chi connectivity index (χ0) is 20.4. The third-order valence-corrected chi connectivity index (χ3v) is 5.01. The van der Waals surface area contributed by atoms with Gasteiger partial charge in [-0.2, -0.15) is 0 Å². The van der Waals surface area contributed by atoms with Crippen LogP contribution in [0.25, 0.3) is 10.8 Å². The maximum absolute atomic E-state index is 12.9. The summed E-state index contributed by atoms with van der Waals surface area (Å²) < 4.78 is 1.63. The van der Waals surface area contributed by atoms with Crippen molar-refractivity contribution in [3.8, 4) is 0 Å². The van der Waals surface area contributed by atoms with E-state index in [9.17, 15) is 9.59 Å². The summed E-state index contributed by atoms with van der Waals surface area (Å²) in [6, 6.07) is 16.1. The second-order valence-corrected chi connectivity index (χ2v) is 7.23. The topological polar surface area (TPSA) is 64.0 Å². The Hall–Kier alpha value is -3.44. The van der Waals surface area contributed by atoms with Gasteiger partial charge in [-0.3, -0.25) is 14.6 Å². The zero-order valence-corrected chi connectivity index (χ0v) is 16.5. The van der Waals surface area contributed by atoms with Crippen LogP contribution in [0, 0.1) is 6.92 Å². The third kappa shape index (κ3) is 3.91. The summed E-state index contributed by atoms with van der Waals surface area (Å²) in [5, 5.41) is 4.74. The number of halogens is 1. The molecule has 0 unspecified atom stereocenters. The van der Waals surface area contributed by atoms with E-state index in [4.69, 9.17) is 11.6 Å². The van der Waals surface area contributed by atoms with Crippen LogP contribution in [0.3, 0.4) is 0 Å². The number of aromatic nitrogens is 2. The van der Waals surface area contributed by atoms with E-state index in [2.05, 4.69) is 10.3 Å². The van der Waals surface area contributed by atoms with Crippen molar-refractivity contribution in [3.05, 3.63) is 105 Å². The molecule has 0 bridgehead atoms. The molecule has 5 nitrogen and oxygen atoms in total. The summed E-state index contributed by atoms with van der Waals surface area (Å²) in [6.45, 7) is 2.27. The van der Waals surface area contributed by atoms with Gasteiger partial charge in [0.25, 0.3) is 11.5 Å². The Bertz CT molecular complexity index is 1270. The fourth-order valence-corrected chi connectivity index (χ4v) is 3.54. The second kappa shape index (κ2) is 7.89. The lowest BCUT2D eigenvalue weighted by Crippen LogP contribution is -2.21. The summed E-state index contributed by atoms with van der Waals surface area (Å²) in [4.78, 5) is 29.8. The number of nitrogens with zero attached hydrogens (tertiary/aromatic N) is 2. The number of aryl methyl sites for hydroxylation is 1. The van der Waals surface area contributed by atoms with E-state index < -0.39 is 0 Å². The number of carbonyl (C=O) groups is 1. The molecular weight excluding hydrogens is 386 g/mol. The van der Waals surface area contributed by atoms with Crippen LogP contribution in [0.5, 0.6) is 0 Å². The van der Waals surface area contributed by atoms with E-state index in [1.807, 2.05) is 25.1 Å². The number of rotatable bonds is 4. The lowest BCUT2D eigenvalue weighted by molar-refractivity contribution is 0.102. The summed E-state index contributed by atoms with van der Waals surface area (Å²) >= 11 is 5.98. The Balaban J connectivity index is 1.68. The molecule has 1 amide bonds. The van der Waals surface area contributed by atoms with E-state index in [1.165, 1.54) is 0 Å². The molecule has 0 fully saturated rings. The molecule has 144 valence electrons. The largest absolute Gasteiger partial charge is 0.321 e. The van der Waals surface area contributed by atoms with Gasteiger partial charge in [0, 0.05) is 45.6 Å². The molecule has 2 heterocycles. The number of pyridine rings is 2. The van der Waals surface area contributed by atoms with E-state index in [-0.39, 0.29) is 11.5 Å². The monoisotopic (exact) mass is 403 g/mol. The third-order valence-electron chi connectivity index (χ3n) is 4.78. The minimum Gasteiger partial charge on any atom is -0.321 e. The molecule has 0 aliphatic carbocycles. The Labute approximate surface area is 172 Å². The van der Waals surface area contributed by atoms with Gasteiger partial charge in [-0.25, -0.2) is 0 Å². The summed E-state index contributed by atoms with van der Waals surface area (Å²) in [5.41, 5.74) is 2.74. The van der Waals surface area contributed by atoms with Crippen molar-refractivity contribution < 1.29 is 4.79 Å². The molecule has 0 saturated heterocycles. The fourth-order valence-electron chi connectivity index (χ4n) is 3.31. The highest BCUT2D eigenvalue weighted by Gasteiger charge is 2.13. The predicted octanol–water partition coefficient (Wildman–Crippen LogP) is 4.66. The van der Waals surface area contributed by atoms with E-state index >= 15 is 0 Å². The lowest BCUT2D eigenvalue weighted by Gasteiger charge is -2.12. The molecule has 4 aromatic rings. The molecule has 0 aliphatic rings. The van der Waals surface area contributed by atoms with E-state index in [0.29, 0.717) is 33.6 Å². The zero-order valence-electron chi connectivity index (χ0n) is 15.7. The number of nitrogens with one attached hydrogen (secondary N) is 1. The number of carbonyl (C=O) groups excluding carboxylic acids is 1. The first kappa shape index (κ1) is 18.9. The van der Waals surface area contributed by atoms with Gasteiger partial charge in [0.1, 0.15) is 0 Å². The predicted molar refractivity (Wildman–Crippen MR) is 116 cm³/mol. The van der Waals surface area contributed by atoms with Gasteiger partial charge in [0.15, 0.2) is 0 Å². The van der Waals surface area contributed by atoms with Crippen LogP contribution < -0.4 is 10.9 Å². The van der Waals surface area contributed by atoms with Gasteiger partial charge in [-0.05, 0) is 60.5 Å². The first-order chi connectivity index (χ1) is 14.0. The smallest absolute Gasteiger partial charge is 0.258 e. The molecule has 1 N–H and O–H groups in total. The quantitative estimate of drug-likeness (QED) is 0.539. The molecule has 29 heavy (non-hydrogen) atoms. The number of fused-ring (bicyclic) bond motifs is 1. The van der Waals surface area contributed by atoms with Gasteiger partial charge < -0.3 is 9.88 Å². The number of amides is 1.